The van der Waals surface area contributed by atoms with Crippen LogP contribution in [0.5, 0.6) is 0 Å². The van der Waals surface area contributed by atoms with E-state index in [0.29, 0.717) is 0 Å². The van der Waals surface area contributed by atoms with Crippen LogP contribution < -0.4 is 5.01 Å². The lowest BCUT2D eigenvalue weighted by Crippen LogP contribution is -2.45. The molecule has 4 nitrogen and oxygen atoms in total. The Bertz CT molecular complexity index is 643. The second kappa shape index (κ2) is 3.77. The second-order valence-corrected chi connectivity index (χ2v) is 6.42. The summed E-state index contributed by atoms with van der Waals surface area (Å²) < 4.78 is 1.13. The fraction of sp³-hybridized carbons (Fsp3) is 0.429. The molecule has 2 aliphatic rings. The van der Waals surface area contributed by atoms with E-state index in [2.05, 4.69) is 16.2 Å². The van der Waals surface area contributed by atoms with Crippen molar-refractivity contribution >= 4 is 32.4 Å². The van der Waals surface area contributed by atoms with Crippen molar-refractivity contribution in [1.29, 1.82) is 0 Å². The first-order valence-corrected chi connectivity index (χ1v) is 7.43. The van der Waals surface area contributed by atoms with Crippen LogP contribution >= 0.6 is 11.3 Å². The van der Waals surface area contributed by atoms with Gasteiger partial charge in [0.1, 0.15) is 0 Å². The topological polar surface area (TPSA) is 48.7 Å². The smallest absolute Gasteiger partial charge is 0.209 e. The summed E-state index contributed by atoms with van der Waals surface area (Å²) in [4.78, 5) is 4.59. The van der Waals surface area contributed by atoms with Gasteiger partial charge in [0.2, 0.25) is 5.13 Å². The van der Waals surface area contributed by atoms with Gasteiger partial charge >= 0.3 is 0 Å². The fourth-order valence-electron chi connectivity index (χ4n) is 3.10. The summed E-state index contributed by atoms with van der Waals surface area (Å²) in [6.45, 7) is 1.85. The second-order valence-electron chi connectivity index (χ2n) is 5.41. The molecule has 2 unspecified atom stereocenters. The zero-order valence-corrected chi connectivity index (χ0v) is 11.5. The van der Waals surface area contributed by atoms with Crippen molar-refractivity contribution in [2.75, 3.05) is 5.01 Å². The van der Waals surface area contributed by atoms with E-state index in [9.17, 15) is 5.11 Å². The lowest BCUT2D eigenvalue weighted by Gasteiger charge is -2.31. The molecule has 1 saturated carbocycles. The number of aliphatic hydroxyl groups is 1. The third-order valence-electron chi connectivity index (χ3n) is 4.11. The highest BCUT2D eigenvalue weighted by Crippen LogP contribution is 2.44. The van der Waals surface area contributed by atoms with E-state index in [1.165, 1.54) is 0 Å². The van der Waals surface area contributed by atoms with Gasteiger partial charge in [-0.05, 0) is 38.3 Å². The number of thiazole rings is 1. The van der Waals surface area contributed by atoms with E-state index < -0.39 is 5.72 Å². The molecule has 1 aliphatic carbocycles. The maximum Gasteiger partial charge on any atom is 0.209 e. The molecule has 1 aromatic carbocycles. The largest absolute Gasteiger partial charge is 0.369 e. The maximum absolute atomic E-state index is 10.8. The molecule has 0 amide bonds. The number of para-hydroxylation sites is 1. The highest BCUT2D eigenvalue weighted by Gasteiger charge is 2.49. The Balaban J connectivity index is 1.81. The van der Waals surface area contributed by atoms with Crippen molar-refractivity contribution < 1.29 is 5.11 Å². The molecule has 19 heavy (non-hydrogen) atoms. The molecule has 1 N–H and O–H groups in total. The number of hydrogen-bond acceptors (Lipinski definition) is 5. The van der Waals surface area contributed by atoms with Gasteiger partial charge in [0.25, 0.3) is 0 Å². The van der Waals surface area contributed by atoms with Crippen LogP contribution in [0.2, 0.25) is 0 Å². The quantitative estimate of drug-likeness (QED) is 0.869. The zero-order valence-electron chi connectivity index (χ0n) is 10.7. The van der Waals surface area contributed by atoms with E-state index in [1.54, 1.807) is 16.3 Å². The molecule has 2 aromatic rings. The minimum Gasteiger partial charge on any atom is -0.369 e. The van der Waals surface area contributed by atoms with Gasteiger partial charge in [-0.1, -0.05) is 23.5 Å². The summed E-state index contributed by atoms with van der Waals surface area (Å²) in [5, 5.41) is 17.9. The van der Waals surface area contributed by atoms with Crippen LogP contribution in [-0.4, -0.2) is 21.5 Å². The van der Waals surface area contributed by atoms with E-state index in [0.717, 1.165) is 40.3 Å². The summed E-state index contributed by atoms with van der Waals surface area (Å²) in [6, 6.07) is 8.03. The first-order valence-electron chi connectivity index (χ1n) is 6.62. The van der Waals surface area contributed by atoms with Crippen molar-refractivity contribution in [3.8, 4) is 0 Å². The van der Waals surface area contributed by atoms with Gasteiger partial charge in [-0.25, -0.2) is 9.99 Å². The van der Waals surface area contributed by atoms with Crippen molar-refractivity contribution in [1.82, 2.24) is 4.98 Å². The molecule has 0 saturated heterocycles. The molecule has 1 fully saturated rings. The van der Waals surface area contributed by atoms with Crippen molar-refractivity contribution in [3.05, 3.63) is 24.3 Å². The number of hydrazone groups is 1. The molecule has 98 valence electrons. The lowest BCUT2D eigenvalue weighted by atomic mass is 9.96. The molecule has 2 atom stereocenters. The summed E-state index contributed by atoms with van der Waals surface area (Å²) in [6.07, 6.45) is 3.16. The van der Waals surface area contributed by atoms with Gasteiger partial charge in [0.05, 0.1) is 10.2 Å². The predicted octanol–water partition coefficient (Wildman–Crippen LogP) is 2.98. The van der Waals surface area contributed by atoms with E-state index in [1.807, 2.05) is 25.1 Å². The first kappa shape index (κ1) is 11.4. The van der Waals surface area contributed by atoms with Gasteiger partial charge in [-0.2, -0.15) is 5.10 Å². The van der Waals surface area contributed by atoms with Crippen molar-refractivity contribution in [3.63, 3.8) is 0 Å². The monoisotopic (exact) mass is 273 g/mol. The molecule has 0 spiro atoms. The molecule has 0 radical (unpaired) electrons. The fourth-order valence-corrected chi connectivity index (χ4v) is 4.12. The summed E-state index contributed by atoms with van der Waals surface area (Å²) in [5.41, 5.74) is 1.17. The summed E-state index contributed by atoms with van der Waals surface area (Å²) in [7, 11) is 0. The highest BCUT2D eigenvalue weighted by molar-refractivity contribution is 7.22. The molecule has 1 aromatic heterocycles. The average Bonchev–Trinajstić information content (AvgIpc) is 3.05. The van der Waals surface area contributed by atoms with E-state index in [4.69, 9.17) is 0 Å². The molecule has 4 rings (SSSR count). The zero-order chi connectivity index (χ0) is 13.0. The van der Waals surface area contributed by atoms with Crippen LogP contribution in [-0.2, 0) is 0 Å². The highest BCUT2D eigenvalue weighted by atomic mass is 32.1. The van der Waals surface area contributed by atoms with Crippen LogP contribution in [0, 0.1) is 5.92 Å². The molecule has 0 bridgehead atoms. The van der Waals surface area contributed by atoms with Crippen molar-refractivity contribution in [2.24, 2.45) is 11.0 Å². The number of nitrogens with zero attached hydrogens (tertiary/aromatic N) is 3. The molecular formula is C14H15N3OS. The van der Waals surface area contributed by atoms with Gasteiger partial charge in [0.15, 0.2) is 5.72 Å². The van der Waals surface area contributed by atoms with E-state index >= 15 is 0 Å². The average molecular weight is 273 g/mol. The number of benzene rings is 1. The Hall–Kier alpha value is -1.46. The molecule has 2 heterocycles. The summed E-state index contributed by atoms with van der Waals surface area (Å²) >= 11 is 1.58. The van der Waals surface area contributed by atoms with Gasteiger partial charge in [0, 0.05) is 11.6 Å². The Morgan fingerprint density at radius 2 is 2.26 bits per heavy atom. The SMILES string of the molecule is CC1(O)C2CCCC2=NN1c1nc2ccccc2s1. The number of fused-ring (bicyclic) bond motifs is 2. The molecule has 1 aliphatic heterocycles. The Morgan fingerprint density at radius 3 is 3.05 bits per heavy atom. The van der Waals surface area contributed by atoms with Crippen LogP contribution in [0.1, 0.15) is 26.2 Å². The maximum atomic E-state index is 10.8. The van der Waals surface area contributed by atoms with Crippen molar-refractivity contribution in [2.45, 2.75) is 31.9 Å². The van der Waals surface area contributed by atoms with Gasteiger partial charge in [-0.3, -0.25) is 0 Å². The Labute approximate surface area is 115 Å². The third kappa shape index (κ3) is 1.55. The number of aromatic nitrogens is 1. The Morgan fingerprint density at radius 1 is 1.42 bits per heavy atom. The van der Waals surface area contributed by atoms with Gasteiger partial charge < -0.3 is 5.11 Å². The standard InChI is InChI=1S/C14H15N3OS/c1-14(18)9-5-4-7-10(9)16-17(14)13-15-11-6-2-3-8-12(11)19-13/h2-3,6,8-9,18H,4-5,7H2,1H3. The van der Waals surface area contributed by atoms with Crippen LogP contribution in [0.4, 0.5) is 5.13 Å². The van der Waals surface area contributed by atoms with E-state index in [-0.39, 0.29) is 5.92 Å². The number of hydrogen-bond donors (Lipinski definition) is 1. The van der Waals surface area contributed by atoms with Gasteiger partial charge in [-0.15, -0.1) is 0 Å². The lowest BCUT2D eigenvalue weighted by molar-refractivity contribution is 0.0323. The van der Waals surface area contributed by atoms with Crippen LogP contribution in [0.3, 0.4) is 0 Å². The third-order valence-corrected chi connectivity index (χ3v) is 5.12. The predicted molar refractivity (Wildman–Crippen MR) is 77.5 cm³/mol. The number of anilines is 1. The Kier molecular flexibility index (Phi) is 2.26. The molecule has 5 heteroatoms. The van der Waals surface area contributed by atoms with Crippen LogP contribution in [0.15, 0.2) is 29.4 Å². The minimum absolute atomic E-state index is 0.166. The minimum atomic E-state index is -0.931. The number of rotatable bonds is 1. The van der Waals surface area contributed by atoms with Crippen LogP contribution in [0.25, 0.3) is 10.2 Å². The normalized spacial score (nSPS) is 29.9. The summed E-state index contributed by atoms with van der Waals surface area (Å²) in [5.74, 6) is 0.166. The molecular weight excluding hydrogens is 258 g/mol. The first-order chi connectivity index (χ1) is 9.16.